The summed E-state index contributed by atoms with van der Waals surface area (Å²) in [6.07, 6.45) is 1.81. The van der Waals surface area contributed by atoms with Gasteiger partial charge in [-0.15, -0.1) is 0 Å². The monoisotopic (exact) mass is 261 g/mol. The van der Waals surface area contributed by atoms with E-state index in [0.717, 1.165) is 19.4 Å². The lowest BCUT2D eigenvalue weighted by Gasteiger charge is -2.20. The molecule has 0 radical (unpaired) electrons. The molecular formula is C14H31NO3. The van der Waals surface area contributed by atoms with Crippen molar-refractivity contribution in [3.63, 3.8) is 0 Å². The van der Waals surface area contributed by atoms with E-state index in [2.05, 4.69) is 33.0 Å². The van der Waals surface area contributed by atoms with Gasteiger partial charge in [-0.1, -0.05) is 27.2 Å². The molecule has 0 saturated heterocycles. The van der Waals surface area contributed by atoms with E-state index >= 15 is 0 Å². The number of unbranched alkanes of at least 4 members (excludes halogenated alkanes) is 1. The molecule has 0 aromatic carbocycles. The number of ether oxygens (including phenoxy) is 2. The van der Waals surface area contributed by atoms with E-state index in [-0.39, 0.29) is 0 Å². The highest BCUT2D eigenvalue weighted by molar-refractivity contribution is 4.67. The standard InChI is InChI=1S/C14H31NO3/c1-5-6-7-17-8-9-18-11-14(16)10-15-13(4)12(2)3/h12-16H,5-11H2,1-4H3. The lowest BCUT2D eigenvalue weighted by atomic mass is 10.1. The summed E-state index contributed by atoms with van der Waals surface area (Å²) in [6.45, 7) is 11.5. The summed E-state index contributed by atoms with van der Waals surface area (Å²) in [5.74, 6) is 0.574. The van der Waals surface area contributed by atoms with Crippen LogP contribution in [-0.2, 0) is 9.47 Å². The Labute approximate surface area is 112 Å². The predicted molar refractivity (Wildman–Crippen MR) is 74.9 cm³/mol. The van der Waals surface area contributed by atoms with Crippen LogP contribution in [0.3, 0.4) is 0 Å². The maximum absolute atomic E-state index is 9.69. The van der Waals surface area contributed by atoms with E-state index in [1.54, 1.807) is 0 Å². The number of hydrogen-bond donors (Lipinski definition) is 2. The quantitative estimate of drug-likeness (QED) is 0.526. The summed E-state index contributed by atoms with van der Waals surface area (Å²) in [5, 5.41) is 13.0. The molecule has 0 bridgehead atoms. The Morgan fingerprint density at radius 3 is 2.33 bits per heavy atom. The fraction of sp³-hybridized carbons (Fsp3) is 1.00. The van der Waals surface area contributed by atoms with E-state index < -0.39 is 6.10 Å². The van der Waals surface area contributed by atoms with Crippen LogP contribution in [0, 0.1) is 5.92 Å². The molecule has 0 amide bonds. The van der Waals surface area contributed by atoms with Crippen molar-refractivity contribution < 1.29 is 14.6 Å². The zero-order chi connectivity index (χ0) is 13.8. The van der Waals surface area contributed by atoms with Gasteiger partial charge in [0.15, 0.2) is 0 Å². The zero-order valence-electron chi connectivity index (χ0n) is 12.4. The summed E-state index contributed by atoms with van der Waals surface area (Å²) >= 11 is 0. The minimum absolute atomic E-state index is 0.370. The second kappa shape index (κ2) is 11.9. The Hall–Kier alpha value is -0.160. The van der Waals surface area contributed by atoms with Crippen LogP contribution in [0.2, 0.25) is 0 Å². The number of hydrogen-bond acceptors (Lipinski definition) is 4. The average molecular weight is 261 g/mol. The molecule has 0 rings (SSSR count). The van der Waals surface area contributed by atoms with Crippen molar-refractivity contribution in [3.05, 3.63) is 0 Å². The van der Waals surface area contributed by atoms with Crippen molar-refractivity contribution in [3.8, 4) is 0 Å². The van der Waals surface area contributed by atoms with E-state index in [1.807, 2.05) is 0 Å². The third-order valence-corrected chi connectivity index (χ3v) is 3.00. The minimum atomic E-state index is -0.443. The maximum Gasteiger partial charge on any atom is 0.0897 e. The Morgan fingerprint density at radius 1 is 1.06 bits per heavy atom. The first-order valence-electron chi connectivity index (χ1n) is 7.14. The normalized spacial score (nSPS) is 15.0. The van der Waals surface area contributed by atoms with Crippen LogP contribution in [0.1, 0.15) is 40.5 Å². The molecule has 4 heteroatoms. The van der Waals surface area contributed by atoms with Crippen molar-refractivity contribution in [2.45, 2.75) is 52.7 Å². The highest BCUT2D eigenvalue weighted by Crippen LogP contribution is 1.99. The molecule has 2 unspecified atom stereocenters. The molecule has 0 heterocycles. The summed E-state index contributed by atoms with van der Waals surface area (Å²) in [6, 6.07) is 0.414. The molecular weight excluding hydrogens is 230 g/mol. The van der Waals surface area contributed by atoms with Gasteiger partial charge in [-0.3, -0.25) is 0 Å². The van der Waals surface area contributed by atoms with Crippen molar-refractivity contribution in [2.75, 3.05) is 33.0 Å². The molecule has 18 heavy (non-hydrogen) atoms. The Balaban J connectivity index is 3.29. The van der Waals surface area contributed by atoms with Gasteiger partial charge in [-0.2, -0.15) is 0 Å². The number of aliphatic hydroxyl groups is 1. The largest absolute Gasteiger partial charge is 0.389 e. The first-order valence-corrected chi connectivity index (χ1v) is 7.14. The minimum Gasteiger partial charge on any atom is -0.389 e. The van der Waals surface area contributed by atoms with Gasteiger partial charge in [-0.05, 0) is 19.3 Å². The summed E-state index contributed by atoms with van der Waals surface area (Å²) < 4.78 is 10.7. The highest BCUT2D eigenvalue weighted by Gasteiger charge is 2.09. The van der Waals surface area contributed by atoms with Gasteiger partial charge in [0.05, 0.1) is 25.9 Å². The number of nitrogens with one attached hydrogen (secondary N) is 1. The summed E-state index contributed by atoms with van der Waals surface area (Å²) in [7, 11) is 0. The second-order valence-electron chi connectivity index (χ2n) is 5.14. The lowest BCUT2D eigenvalue weighted by molar-refractivity contribution is 0.00298. The fourth-order valence-electron chi connectivity index (χ4n) is 1.30. The van der Waals surface area contributed by atoms with Crippen LogP contribution in [-0.4, -0.2) is 50.2 Å². The van der Waals surface area contributed by atoms with Crippen molar-refractivity contribution in [1.29, 1.82) is 0 Å². The molecule has 0 aromatic heterocycles. The van der Waals surface area contributed by atoms with Crippen molar-refractivity contribution >= 4 is 0 Å². The molecule has 0 fully saturated rings. The average Bonchev–Trinajstić information content (AvgIpc) is 2.34. The Kier molecular flexibility index (Phi) is 11.8. The van der Waals surface area contributed by atoms with Crippen LogP contribution >= 0.6 is 0 Å². The molecule has 0 aliphatic rings. The van der Waals surface area contributed by atoms with Gasteiger partial charge < -0.3 is 19.9 Å². The van der Waals surface area contributed by atoms with E-state index in [1.165, 1.54) is 0 Å². The Morgan fingerprint density at radius 2 is 1.72 bits per heavy atom. The molecule has 2 atom stereocenters. The molecule has 0 saturated carbocycles. The van der Waals surface area contributed by atoms with Gasteiger partial charge in [-0.25, -0.2) is 0 Å². The van der Waals surface area contributed by atoms with Gasteiger partial charge in [0, 0.05) is 19.2 Å². The maximum atomic E-state index is 9.69. The summed E-state index contributed by atoms with van der Waals surface area (Å²) in [5.41, 5.74) is 0. The van der Waals surface area contributed by atoms with Gasteiger partial charge in [0.25, 0.3) is 0 Å². The lowest BCUT2D eigenvalue weighted by Crippen LogP contribution is -2.38. The first kappa shape index (κ1) is 17.8. The molecule has 0 aliphatic carbocycles. The fourth-order valence-corrected chi connectivity index (χ4v) is 1.30. The number of rotatable bonds is 12. The highest BCUT2D eigenvalue weighted by atomic mass is 16.5. The van der Waals surface area contributed by atoms with Gasteiger partial charge in [0.2, 0.25) is 0 Å². The van der Waals surface area contributed by atoms with Crippen LogP contribution in [0.4, 0.5) is 0 Å². The topological polar surface area (TPSA) is 50.7 Å². The summed E-state index contributed by atoms with van der Waals surface area (Å²) in [4.78, 5) is 0. The smallest absolute Gasteiger partial charge is 0.0897 e. The van der Waals surface area contributed by atoms with Crippen LogP contribution < -0.4 is 5.32 Å². The van der Waals surface area contributed by atoms with Gasteiger partial charge in [0.1, 0.15) is 0 Å². The molecule has 0 aromatic rings. The van der Waals surface area contributed by atoms with Crippen LogP contribution in [0.15, 0.2) is 0 Å². The first-order chi connectivity index (χ1) is 8.57. The third-order valence-electron chi connectivity index (χ3n) is 3.00. The van der Waals surface area contributed by atoms with Crippen molar-refractivity contribution in [2.24, 2.45) is 5.92 Å². The zero-order valence-corrected chi connectivity index (χ0v) is 12.4. The third kappa shape index (κ3) is 11.0. The van der Waals surface area contributed by atoms with E-state index in [4.69, 9.17) is 9.47 Å². The SMILES string of the molecule is CCCCOCCOCC(O)CNC(C)C(C)C. The van der Waals surface area contributed by atoms with Gasteiger partial charge >= 0.3 is 0 Å². The number of aliphatic hydroxyl groups excluding tert-OH is 1. The predicted octanol–water partition coefficient (Wildman–Crippen LogP) is 1.81. The molecule has 4 nitrogen and oxygen atoms in total. The second-order valence-corrected chi connectivity index (χ2v) is 5.14. The molecule has 0 spiro atoms. The van der Waals surface area contributed by atoms with Crippen LogP contribution in [0.5, 0.6) is 0 Å². The van der Waals surface area contributed by atoms with Crippen molar-refractivity contribution in [1.82, 2.24) is 5.32 Å². The van der Waals surface area contributed by atoms with E-state index in [0.29, 0.717) is 38.3 Å². The van der Waals surface area contributed by atoms with E-state index in [9.17, 15) is 5.11 Å². The molecule has 0 aliphatic heterocycles. The molecule has 2 N–H and O–H groups in total. The van der Waals surface area contributed by atoms with Crippen LogP contribution in [0.25, 0.3) is 0 Å². The Bertz CT molecular complexity index is 176. The molecule has 110 valence electrons.